The second kappa shape index (κ2) is 6.42. The second-order valence-electron chi connectivity index (χ2n) is 5.62. The van der Waals surface area contributed by atoms with Crippen molar-refractivity contribution >= 4 is 21.6 Å². The van der Waals surface area contributed by atoms with Gasteiger partial charge in [-0.25, -0.2) is 8.42 Å². The van der Waals surface area contributed by atoms with Gasteiger partial charge in [0.25, 0.3) is 10.0 Å². The molecule has 122 valence electrons. The molecule has 2 rings (SSSR count). The Hall–Kier alpha value is -2.34. The van der Waals surface area contributed by atoms with Gasteiger partial charge in [0.15, 0.2) is 0 Å². The van der Waals surface area contributed by atoms with Crippen molar-refractivity contribution in [3.05, 3.63) is 59.7 Å². The van der Waals surface area contributed by atoms with Gasteiger partial charge in [-0.1, -0.05) is 32.0 Å². The van der Waals surface area contributed by atoms with E-state index in [-0.39, 0.29) is 10.8 Å². The molecule has 0 radical (unpaired) electrons. The average Bonchev–Trinajstić information content (AvgIpc) is 2.54. The lowest BCUT2D eigenvalue weighted by molar-refractivity contribution is 0.1000. The molecule has 2 aromatic carbocycles. The summed E-state index contributed by atoms with van der Waals surface area (Å²) in [7, 11) is -2.23. The number of anilines is 1. The molecule has 0 saturated carbocycles. The van der Waals surface area contributed by atoms with Crippen LogP contribution in [0.15, 0.2) is 53.4 Å². The maximum Gasteiger partial charge on any atom is 0.264 e. The number of carbonyl (C=O) groups is 1. The van der Waals surface area contributed by atoms with Gasteiger partial charge in [-0.3, -0.25) is 9.10 Å². The molecule has 0 aliphatic heterocycles. The lowest BCUT2D eigenvalue weighted by Gasteiger charge is -2.21. The quantitative estimate of drug-likeness (QED) is 0.914. The number of sulfonamides is 1. The molecule has 23 heavy (non-hydrogen) atoms. The summed E-state index contributed by atoms with van der Waals surface area (Å²) >= 11 is 0. The van der Waals surface area contributed by atoms with Crippen molar-refractivity contribution in [2.45, 2.75) is 24.7 Å². The fraction of sp³-hybridized carbons (Fsp3) is 0.235. The van der Waals surface area contributed by atoms with E-state index in [1.807, 2.05) is 13.8 Å². The molecule has 0 aromatic heterocycles. The number of hydrogen-bond acceptors (Lipinski definition) is 3. The van der Waals surface area contributed by atoms with Crippen LogP contribution < -0.4 is 10.0 Å². The first-order chi connectivity index (χ1) is 10.7. The Morgan fingerprint density at radius 1 is 1.09 bits per heavy atom. The number of primary amides is 1. The van der Waals surface area contributed by atoms with Crippen LogP contribution >= 0.6 is 0 Å². The number of amides is 1. The Labute approximate surface area is 136 Å². The van der Waals surface area contributed by atoms with E-state index in [9.17, 15) is 13.2 Å². The molecule has 0 bridgehead atoms. The molecule has 2 N–H and O–H groups in total. The Kier molecular flexibility index (Phi) is 4.75. The minimum absolute atomic E-state index is 0.140. The third kappa shape index (κ3) is 3.53. The Morgan fingerprint density at radius 2 is 1.70 bits per heavy atom. The maximum absolute atomic E-state index is 12.7. The Morgan fingerprint density at radius 3 is 2.22 bits per heavy atom. The average molecular weight is 332 g/mol. The van der Waals surface area contributed by atoms with E-state index in [2.05, 4.69) is 0 Å². The number of benzene rings is 2. The molecule has 1 amide bonds. The zero-order valence-corrected chi connectivity index (χ0v) is 14.2. The van der Waals surface area contributed by atoms with E-state index < -0.39 is 15.9 Å². The number of rotatable bonds is 5. The predicted octanol–water partition coefficient (Wildman–Crippen LogP) is 2.73. The van der Waals surface area contributed by atoms with Crippen molar-refractivity contribution in [3.8, 4) is 0 Å². The third-order valence-corrected chi connectivity index (χ3v) is 5.46. The summed E-state index contributed by atoms with van der Waals surface area (Å²) in [6.45, 7) is 3.94. The topological polar surface area (TPSA) is 80.5 Å². The second-order valence-corrected chi connectivity index (χ2v) is 7.59. The molecular formula is C17H20N2O3S. The van der Waals surface area contributed by atoms with Crippen LogP contribution in [0.2, 0.25) is 0 Å². The SMILES string of the molecule is CC(C)c1cc(C(N)=O)cc(N(C)S(=O)(=O)c2ccccc2)c1. The highest BCUT2D eigenvalue weighted by molar-refractivity contribution is 7.92. The lowest BCUT2D eigenvalue weighted by atomic mass is 9.99. The van der Waals surface area contributed by atoms with Crippen molar-refractivity contribution in [3.63, 3.8) is 0 Å². The monoisotopic (exact) mass is 332 g/mol. The maximum atomic E-state index is 12.7. The molecule has 0 atom stereocenters. The van der Waals surface area contributed by atoms with Crippen LogP contribution in [0, 0.1) is 0 Å². The van der Waals surface area contributed by atoms with Crippen LogP contribution in [0.3, 0.4) is 0 Å². The summed E-state index contributed by atoms with van der Waals surface area (Å²) in [5.41, 5.74) is 6.92. The van der Waals surface area contributed by atoms with Gasteiger partial charge in [-0.2, -0.15) is 0 Å². The molecule has 0 fully saturated rings. The molecule has 0 saturated heterocycles. The van der Waals surface area contributed by atoms with Crippen molar-refractivity contribution in [1.82, 2.24) is 0 Å². The summed E-state index contributed by atoms with van der Waals surface area (Å²) in [6.07, 6.45) is 0. The summed E-state index contributed by atoms with van der Waals surface area (Å²) in [6, 6.07) is 13.1. The largest absolute Gasteiger partial charge is 0.366 e. The smallest absolute Gasteiger partial charge is 0.264 e. The van der Waals surface area contributed by atoms with Crippen LogP contribution in [-0.2, 0) is 10.0 Å². The van der Waals surface area contributed by atoms with Crippen LogP contribution in [0.1, 0.15) is 35.7 Å². The van der Waals surface area contributed by atoms with Gasteiger partial charge in [0, 0.05) is 12.6 Å². The first-order valence-electron chi connectivity index (χ1n) is 7.22. The van der Waals surface area contributed by atoms with E-state index in [0.29, 0.717) is 11.3 Å². The van der Waals surface area contributed by atoms with Gasteiger partial charge in [0.1, 0.15) is 0 Å². The first-order valence-corrected chi connectivity index (χ1v) is 8.66. The molecular weight excluding hydrogens is 312 g/mol. The number of carbonyl (C=O) groups excluding carboxylic acids is 1. The van der Waals surface area contributed by atoms with Gasteiger partial charge in [-0.05, 0) is 41.8 Å². The molecule has 0 unspecified atom stereocenters. The Balaban J connectivity index is 2.54. The lowest BCUT2D eigenvalue weighted by Crippen LogP contribution is -2.27. The minimum atomic E-state index is -3.70. The van der Waals surface area contributed by atoms with Gasteiger partial charge >= 0.3 is 0 Å². The van der Waals surface area contributed by atoms with E-state index in [0.717, 1.165) is 5.56 Å². The fourth-order valence-corrected chi connectivity index (χ4v) is 3.38. The molecule has 0 heterocycles. The predicted molar refractivity (Wildman–Crippen MR) is 91.1 cm³/mol. The van der Waals surface area contributed by atoms with Crippen LogP contribution in [0.4, 0.5) is 5.69 Å². The van der Waals surface area contributed by atoms with Gasteiger partial charge in [0.2, 0.25) is 5.91 Å². The highest BCUT2D eigenvalue weighted by Gasteiger charge is 2.22. The van der Waals surface area contributed by atoms with Crippen molar-refractivity contribution < 1.29 is 13.2 Å². The van der Waals surface area contributed by atoms with Crippen LogP contribution in [0.5, 0.6) is 0 Å². The number of hydrogen-bond donors (Lipinski definition) is 1. The van der Waals surface area contributed by atoms with Gasteiger partial charge in [0.05, 0.1) is 10.6 Å². The number of nitrogens with two attached hydrogens (primary N) is 1. The fourth-order valence-electron chi connectivity index (χ4n) is 2.18. The number of nitrogens with zero attached hydrogens (tertiary/aromatic N) is 1. The normalized spacial score (nSPS) is 11.5. The highest BCUT2D eigenvalue weighted by Crippen LogP contribution is 2.27. The van der Waals surface area contributed by atoms with E-state index >= 15 is 0 Å². The minimum Gasteiger partial charge on any atom is -0.366 e. The summed E-state index contributed by atoms with van der Waals surface area (Å²) in [4.78, 5) is 11.7. The molecule has 5 nitrogen and oxygen atoms in total. The van der Waals surface area contributed by atoms with Crippen molar-refractivity contribution in [2.24, 2.45) is 5.73 Å². The van der Waals surface area contributed by atoms with E-state index in [1.54, 1.807) is 30.3 Å². The molecule has 0 aliphatic carbocycles. The third-order valence-electron chi connectivity index (χ3n) is 3.66. The zero-order valence-electron chi connectivity index (χ0n) is 13.4. The van der Waals surface area contributed by atoms with Crippen molar-refractivity contribution in [2.75, 3.05) is 11.4 Å². The zero-order chi connectivity index (χ0) is 17.2. The van der Waals surface area contributed by atoms with E-state index in [4.69, 9.17) is 5.73 Å². The van der Waals surface area contributed by atoms with Crippen LogP contribution in [-0.4, -0.2) is 21.4 Å². The van der Waals surface area contributed by atoms with E-state index in [1.165, 1.54) is 29.6 Å². The van der Waals surface area contributed by atoms with Crippen molar-refractivity contribution in [1.29, 1.82) is 0 Å². The summed E-state index contributed by atoms with van der Waals surface area (Å²) in [5.74, 6) is -0.444. The highest BCUT2D eigenvalue weighted by atomic mass is 32.2. The molecule has 0 spiro atoms. The standard InChI is InChI=1S/C17H20N2O3S/c1-12(2)13-9-14(17(18)20)11-15(10-13)19(3)23(21,22)16-7-5-4-6-8-16/h4-12H,1-3H3,(H2,18,20). The summed E-state index contributed by atoms with van der Waals surface area (Å²) < 4.78 is 26.6. The molecule has 0 aliphatic rings. The van der Waals surface area contributed by atoms with Crippen LogP contribution in [0.25, 0.3) is 0 Å². The Bertz CT molecular complexity index is 815. The summed E-state index contributed by atoms with van der Waals surface area (Å²) in [5, 5.41) is 0. The molecule has 6 heteroatoms. The molecule has 2 aromatic rings. The first kappa shape index (κ1) is 17.0. The van der Waals surface area contributed by atoms with Gasteiger partial charge in [-0.15, -0.1) is 0 Å². The van der Waals surface area contributed by atoms with Gasteiger partial charge < -0.3 is 5.73 Å².